The molecule has 0 atom stereocenters. The van der Waals surface area contributed by atoms with Crippen molar-refractivity contribution >= 4 is 22.3 Å². The molecule has 1 aromatic heterocycles. The Balaban J connectivity index is 1.76. The fourth-order valence-electron chi connectivity index (χ4n) is 2.56. The van der Waals surface area contributed by atoms with Crippen molar-refractivity contribution in [2.24, 2.45) is 5.92 Å². The monoisotopic (exact) mass is 250 g/mol. The number of nitrogens with zero attached hydrogens (tertiary/aromatic N) is 2. The van der Waals surface area contributed by atoms with Gasteiger partial charge in [0.25, 0.3) is 0 Å². The fraction of sp³-hybridized carbons (Fsp3) is 0.692. The number of aromatic nitrogens is 1. The maximum atomic E-state index is 11.8. The molecule has 4 heteroatoms. The highest BCUT2D eigenvalue weighted by atomic mass is 32.1. The lowest BCUT2D eigenvalue weighted by Crippen LogP contribution is -2.29. The highest BCUT2D eigenvalue weighted by Crippen LogP contribution is 2.33. The van der Waals surface area contributed by atoms with Crippen molar-refractivity contribution in [1.29, 1.82) is 0 Å². The molecule has 2 aliphatic rings. The third kappa shape index (κ3) is 2.10. The number of rotatable bonds is 3. The average Bonchev–Trinajstić information content (AvgIpc) is 2.68. The van der Waals surface area contributed by atoms with E-state index in [-0.39, 0.29) is 0 Å². The van der Waals surface area contributed by atoms with Gasteiger partial charge in [-0.25, -0.2) is 4.98 Å². The molecule has 1 aromatic rings. The zero-order valence-corrected chi connectivity index (χ0v) is 11.1. The minimum atomic E-state index is 0.298. The number of Topliss-reactive ketones (excluding diaryl/α,β-unsaturated/α-hetero) is 1. The van der Waals surface area contributed by atoms with E-state index in [1.165, 1.54) is 19.3 Å². The van der Waals surface area contributed by atoms with E-state index in [1.54, 1.807) is 11.3 Å². The van der Waals surface area contributed by atoms with Gasteiger partial charge >= 0.3 is 0 Å². The molecule has 0 aromatic carbocycles. The smallest absolute Gasteiger partial charge is 0.185 e. The number of carbonyl (C=O) groups is 1. The molecule has 1 fully saturated rings. The molecule has 0 aliphatic heterocycles. The van der Waals surface area contributed by atoms with Crippen LogP contribution < -0.4 is 4.90 Å². The predicted molar refractivity (Wildman–Crippen MR) is 70.0 cm³/mol. The predicted octanol–water partition coefficient (Wildman–Crippen LogP) is 2.90. The normalized spacial score (nSPS) is 19.9. The molecule has 0 radical (unpaired) electrons. The molecule has 0 saturated heterocycles. The zero-order chi connectivity index (χ0) is 11.8. The molecular formula is C13H18N2OS. The number of aryl methyl sites for hydroxylation is 1. The lowest BCUT2D eigenvalue weighted by molar-refractivity contribution is 0.0976. The third-order valence-corrected chi connectivity index (χ3v) is 5.09. The Morgan fingerprint density at radius 2 is 2.18 bits per heavy atom. The standard InChI is InChI=1S/C13H18N2OS/c1-15(8-9-4-2-5-9)13-14-10-6-3-7-11(16)12(10)17-13/h9H,2-8H2,1H3. The van der Waals surface area contributed by atoms with Crippen LogP contribution in [0.25, 0.3) is 0 Å². The highest BCUT2D eigenvalue weighted by molar-refractivity contribution is 7.17. The Morgan fingerprint density at radius 3 is 2.82 bits per heavy atom. The van der Waals surface area contributed by atoms with Gasteiger partial charge in [0.2, 0.25) is 0 Å². The van der Waals surface area contributed by atoms with E-state index in [0.717, 1.165) is 41.0 Å². The fourth-order valence-corrected chi connectivity index (χ4v) is 3.61. The van der Waals surface area contributed by atoms with E-state index < -0.39 is 0 Å². The second-order valence-electron chi connectivity index (χ2n) is 5.23. The Bertz CT molecular complexity index is 437. The molecule has 0 bridgehead atoms. The first kappa shape index (κ1) is 11.2. The molecule has 0 spiro atoms. The van der Waals surface area contributed by atoms with E-state index >= 15 is 0 Å². The van der Waals surface area contributed by atoms with Crippen molar-refractivity contribution in [3.8, 4) is 0 Å². The first-order valence-electron chi connectivity index (χ1n) is 6.48. The van der Waals surface area contributed by atoms with E-state index in [2.05, 4.69) is 16.9 Å². The van der Waals surface area contributed by atoms with Crippen LogP contribution in [0.2, 0.25) is 0 Å². The lowest BCUT2D eigenvalue weighted by atomic mass is 9.85. The summed E-state index contributed by atoms with van der Waals surface area (Å²) in [4.78, 5) is 19.6. The molecule has 92 valence electrons. The van der Waals surface area contributed by atoms with Crippen LogP contribution in [0.4, 0.5) is 5.13 Å². The van der Waals surface area contributed by atoms with Crippen LogP contribution in [0, 0.1) is 5.92 Å². The summed E-state index contributed by atoms with van der Waals surface area (Å²) >= 11 is 1.59. The number of thiazole rings is 1. The second kappa shape index (κ2) is 4.41. The van der Waals surface area contributed by atoms with Crippen molar-refractivity contribution < 1.29 is 4.79 Å². The summed E-state index contributed by atoms with van der Waals surface area (Å²) in [5.74, 6) is 1.14. The molecule has 0 N–H and O–H groups in total. The summed E-state index contributed by atoms with van der Waals surface area (Å²) < 4.78 is 0. The molecule has 1 heterocycles. The van der Waals surface area contributed by atoms with Crippen molar-refractivity contribution in [2.75, 3.05) is 18.5 Å². The molecule has 0 amide bonds. The summed E-state index contributed by atoms with van der Waals surface area (Å²) in [5.41, 5.74) is 1.04. The van der Waals surface area contributed by atoms with Crippen LogP contribution >= 0.6 is 11.3 Å². The van der Waals surface area contributed by atoms with Crippen LogP contribution in [0.3, 0.4) is 0 Å². The first-order valence-corrected chi connectivity index (χ1v) is 7.29. The van der Waals surface area contributed by atoms with Gasteiger partial charge in [-0.2, -0.15) is 0 Å². The minimum absolute atomic E-state index is 0.298. The number of hydrogen-bond donors (Lipinski definition) is 0. The number of carbonyl (C=O) groups excluding carboxylic acids is 1. The van der Waals surface area contributed by atoms with Gasteiger partial charge in [-0.05, 0) is 31.6 Å². The quantitative estimate of drug-likeness (QED) is 0.827. The highest BCUT2D eigenvalue weighted by Gasteiger charge is 2.25. The summed E-state index contributed by atoms with van der Waals surface area (Å²) in [7, 11) is 2.10. The van der Waals surface area contributed by atoms with Gasteiger partial charge < -0.3 is 4.90 Å². The minimum Gasteiger partial charge on any atom is -0.351 e. The largest absolute Gasteiger partial charge is 0.351 e. The zero-order valence-electron chi connectivity index (χ0n) is 10.2. The Kier molecular flexibility index (Phi) is 2.90. The SMILES string of the molecule is CN(CC1CCC1)c1nc2c(s1)C(=O)CCC2. The third-order valence-electron chi connectivity index (χ3n) is 3.84. The van der Waals surface area contributed by atoms with Crippen molar-refractivity contribution in [3.05, 3.63) is 10.6 Å². The topological polar surface area (TPSA) is 33.2 Å². The molecule has 2 aliphatic carbocycles. The van der Waals surface area contributed by atoms with Crippen LogP contribution in [0.15, 0.2) is 0 Å². The molecular weight excluding hydrogens is 232 g/mol. The molecule has 17 heavy (non-hydrogen) atoms. The maximum absolute atomic E-state index is 11.8. The molecule has 0 unspecified atom stereocenters. The summed E-state index contributed by atoms with van der Waals surface area (Å²) in [6, 6.07) is 0. The number of ketones is 1. The Labute approximate surface area is 106 Å². The van der Waals surface area contributed by atoms with Gasteiger partial charge in [-0.3, -0.25) is 4.79 Å². The first-order chi connectivity index (χ1) is 8.24. The van der Waals surface area contributed by atoms with Gasteiger partial charge in [0.05, 0.1) is 10.6 Å². The summed E-state index contributed by atoms with van der Waals surface area (Å²) in [6.07, 6.45) is 6.76. The number of hydrogen-bond acceptors (Lipinski definition) is 4. The van der Waals surface area contributed by atoms with E-state index in [0.29, 0.717) is 12.2 Å². The van der Waals surface area contributed by atoms with Crippen LogP contribution in [-0.4, -0.2) is 24.4 Å². The Morgan fingerprint density at radius 1 is 1.35 bits per heavy atom. The number of anilines is 1. The Hall–Kier alpha value is -0.900. The van der Waals surface area contributed by atoms with Gasteiger partial charge in [0.1, 0.15) is 0 Å². The van der Waals surface area contributed by atoms with Gasteiger partial charge in [-0.15, -0.1) is 0 Å². The maximum Gasteiger partial charge on any atom is 0.185 e. The molecule has 1 saturated carbocycles. The van der Waals surface area contributed by atoms with E-state index in [4.69, 9.17) is 0 Å². The summed E-state index contributed by atoms with van der Waals surface area (Å²) in [6.45, 7) is 1.10. The molecule has 3 nitrogen and oxygen atoms in total. The number of fused-ring (bicyclic) bond motifs is 1. The second-order valence-corrected chi connectivity index (χ2v) is 6.20. The van der Waals surface area contributed by atoms with Crippen molar-refractivity contribution in [3.63, 3.8) is 0 Å². The van der Waals surface area contributed by atoms with Gasteiger partial charge in [0.15, 0.2) is 10.9 Å². The van der Waals surface area contributed by atoms with Crippen molar-refractivity contribution in [2.45, 2.75) is 38.5 Å². The van der Waals surface area contributed by atoms with E-state index in [1.807, 2.05) is 0 Å². The van der Waals surface area contributed by atoms with Crippen LogP contribution in [0.5, 0.6) is 0 Å². The van der Waals surface area contributed by atoms with Gasteiger partial charge in [-0.1, -0.05) is 17.8 Å². The van der Waals surface area contributed by atoms with Crippen LogP contribution in [0.1, 0.15) is 47.5 Å². The average molecular weight is 250 g/mol. The molecule has 3 rings (SSSR count). The lowest BCUT2D eigenvalue weighted by Gasteiger charge is -2.29. The van der Waals surface area contributed by atoms with E-state index in [9.17, 15) is 4.79 Å². The van der Waals surface area contributed by atoms with Crippen LogP contribution in [-0.2, 0) is 6.42 Å². The summed E-state index contributed by atoms with van der Waals surface area (Å²) in [5, 5.41) is 1.04. The van der Waals surface area contributed by atoms with Crippen molar-refractivity contribution in [1.82, 2.24) is 4.98 Å². The van der Waals surface area contributed by atoms with Gasteiger partial charge in [0, 0.05) is 20.0 Å².